The first-order valence-electron chi connectivity index (χ1n) is 5.83. The lowest BCUT2D eigenvalue weighted by atomic mass is 10.1. The van der Waals surface area contributed by atoms with Gasteiger partial charge in [-0.05, 0) is 25.1 Å². The predicted octanol–water partition coefficient (Wildman–Crippen LogP) is 2.79. The zero-order valence-corrected chi connectivity index (χ0v) is 12.3. The summed E-state index contributed by atoms with van der Waals surface area (Å²) < 4.78 is 21.8. The SMILES string of the molecule is CC(N)C(Oc1cc(Br)ccc1F)c1cnn(C)c1. The highest BCUT2D eigenvalue weighted by Crippen LogP contribution is 2.28. The van der Waals surface area contributed by atoms with Gasteiger partial charge in [-0.1, -0.05) is 15.9 Å². The normalized spacial score (nSPS) is 14.2. The Morgan fingerprint density at radius 1 is 1.47 bits per heavy atom. The summed E-state index contributed by atoms with van der Waals surface area (Å²) in [5.41, 5.74) is 6.73. The molecule has 0 saturated heterocycles. The van der Waals surface area contributed by atoms with Crippen molar-refractivity contribution < 1.29 is 9.13 Å². The van der Waals surface area contributed by atoms with Gasteiger partial charge in [0.15, 0.2) is 11.6 Å². The predicted molar refractivity (Wildman–Crippen MR) is 74.3 cm³/mol. The lowest BCUT2D eigenvalue weighted by Gasteiger charge is -2.21. The van der Waals surface area contributed by atoms with Crippen LogP contribution in [0.3, 0.4) is 0 Å². The molecule has 2 aromatic rings. The largest absolute Gasteiger partial charge is 0.481 e. The molecular formula is C13H15BrFN3O. The van der Waals surface area contributed by atoms with Gasteiger partial charge in [-0.3, -0.25) is 4.68 Å². The van der Waals surface area contributed by atoms with Crippen molar-refractivity contribution in [1.82, 2.24) is 9.78 Å². The fourth-order valence-corrected chi connectivity index (χ4v) is 2.11. The minimum absolute atomic E-state index is 0.167. The summed E-state index contributed by atoms with van der Waals surface area (Å²) in [4.78, 5) is 0. The number of hydrogen-bond acceptors (Lipinski definition) is 3. The Balaban J connectivity index is 2.29. The number of benzene rings is 1. The van der Waals surface area contributed by atoms with E-state index in [1.165, 1.54) is 6.07 Å². The number of hydrogen-bond donors (Lipinski definition) is 1. The summed E-state index contributed by atoms with van der Waals surface area (Å²) in [6.07, 6.45) is 3.03. The van der Waals surface area contributed by atoms with Crippen LogP contribution in [0.2, 0.25) is 0 Å². The van der Waals surface area contributed by atoms with Crippen molar-refractivity contribution in [3.63, 3.8) is 0 Å². The van der Waals surface area contributed by atoms with Crippen LogP contribution in [0.15, 0.2) is 35.1 Å². The molecule has 0 fully saturated rings. The highest BCUT2D eigenvalue weighted by Gasteiger charge is 2.21. The number of aryl methyl sites for hydroxylation is 1. The molecule has 0 aliphatic heterocycles. The number of aromatic nitrogens is 2. The van der Waals surface area contributed by atoms with Gasteiger partial charge < -0.3 is 10.5 Å². The average Bonchev–Trinajstić information content (AvgIpc) is 2.76. The van der Waals surface area contributed by atoms with Crippen molar-refractivity contribution in [2.75, 3.05) is 0 Å². The molecule has 0 aliphatic carbocycles. The van der Waals surface area contributed by atoms with Crippen LogP contribution in [-0.2, 0) is 7.05 Å². The van der Waals surface area contributed by atoms with Crippen LogP contribution in [0.25, 0.3) is 0 Å². The Morgan fingerprint density at radius 2 is 2.21 bits per heavy atom. The van der Waals surface area contributed by atoms with E-state index < -0.39 is 11.9 Å². The Labute approximate surface area is 119 Å². The van der Waals surface area contributed by atoms with Crippen molar-refractivity contribution in [1.29, 1.82) is 0 Å². The molecule has 6 heteroatoms. The minimum atomic E-state index is -0.447. The molecule has 0 amide bonds. The maximum atomic E-state index is 13.7. The van der Waals surface area contributed by atoms with E-state index in [1.54, 1.807) is 30.1 Å². The van der Waals surface area contributed by atoms with Gasteiger partial charge in [0.1, 0.15) is 6.10 Å². The van der Waals surface area contributed by atoms with Gasteiger partial charge in [-0.2, -0.15) is 5.10 Å². The minimum Gasteiger partial charge on any atom is -0.481 e. The second-order valence-electron chi connectivity index (χ2n) is 4.42. The zero-order valence-electron chi connectivity index (χ0n) is 10.7. The number of ether oxygens (including phenoxy) is 1. The molecule has 2 rings (SSSR count). The lowest BCUT2D eigenvalue weighted by Crippen LogP contribution is -2.29. The van der Waals surface area contributed by atoms with E-state index in [4.69, 9.17) is 10.5 Å². The summed E-state index contributed by atoms with van der Waals surface area (Å²) in [5.74, 6) is -0.252. The highest BCUT2D eigenvalue weighted by molar-refractivity contribution is 9.10. The van der Waals surface area contributed by atoms with Crippen molar-refractivity contribution in [2.24, 2.45) is 12.8 Å². The molecule has 102 valence electrons. The van der Waals surface area contributed by atoms with Crippen LogP contribution in [-0.4, -0.2) is 15.8 Å². The Bertz CT molecular complexity index is 571. The van der Waals surface area contributed by atoms with E-state index in [0.717, 1.165) is 10.0 Å². The van der Waals surface area contributed by atoms with Gasteiger partial charge in [-0.25, -0.2) is 4.39 Å². The van der Waals surface area contributed by atoms with Crippen LogP contribution in [0.4, 0.5) is 4.39 Å². The van der Waals surface area contributed by atoms with Crippen LogP contribution >= 0.6 is 15.9 Å². The fourth-order valence-electron chi connectivity index (χ4n) is 1.77. The van der Waals surface area contributed by atoms with E-state index in [-0.39, 0.29) is 11.8 Å². The van der Waals surface area contributed by atoms with E-state index in [2.05, 4.69) is 21.0 Å². The van der Waals surface area contributed by atoms with Crippen molar-refractivity contribution in [3.8, 4) is 5.75 Å². The van der Waals surface area contributed by atoms with Crippen molar-refractivity contribution in [3.05, 3.63) is 46.4 Å². The Kier molecular flexibility index (Phi) is 4.21. The Morgan fingerprint density at radius 3 is 2.79 bits per heavy atom. The van der Waals surface area contributed by atoms with Crippen molar-refractivity contribution >= 4 is 15.9 Å². The summed E-state index contributed by atoms with van der Waals surface area (Å²) >= 11 is 3.29. The third-order valence-electron chi connectivity index (χ3n) is 2.68. The third-order valence-corrected chi connectivity index (χ3v) is 3.17. The molecule has 2 atom stereocenters. The molecule has 0 radical (unpaired) electrons. The van der Waals surface area contributed by atoms with Gasteiger partial charge in [0.25, 0.3) is 0 Å². The smallest absolute Gasteiger partial charge is 0.165 e. The van der Waals surface area contributed by atoms with Crippen LogP contribution < -0.4 is 10.5 Å². The second-order valence-corrected chi connectivity index (χ2v) is 5.34. The van der Waals surface area contributed by atoms with Crippen LogP contribution in [0.1, 0.15) is 18.6 Å². The highest BCUT2D eigenvalue weighted by atomic mass is 79.9. The van der Waals surface area contributed by atoms with E-state index in [9.17, 15) is 4.39 Å². The molecule has 19 heavy (non-hydrogen) atoms. The average molecular weight is 328 g/mol. The fraction of sp³-hybridized carbons (Fsp3) is 0.308. The molecule has 0 aliphatic rings. The van der Waals surface area contributed by atoms with Gasteiger partial charge in [-0.15, -0.1) is 0 Å². The molecule has 2 unspecified atom stereocenters. The third kappa shape index (κ3) is 3.33. The van der Waals surface area contributed by atoms with Gasteiger partial charge in [0.2, 0.25) is 0 Å². The van der Waals surface area contributed by atoms with E-state index in [0.29, 0.717) is 0 Å². The second kappa shape index (κ2) is 5.71. The molecule has 1 aromatic heterocycles. The van der Waals surface area contributed by atoms with E-state index in [1.807, 2.05) is 13.1 Å². The van der Waals surface area contributed by atoms with Crippen LogP contribution in [0, 0.1) is 5.82 Å². The molecule has 1 heterocycles. The van der Waals surface area contributed by atoms with Crippen LogP contribution in [0.5, 0.6) is 5.75 Å². The maximum Gasteiger partial charge on any atom is 0.165 e. The summed E-state index contributed by atoms with van der Waals surface area (Å²) in [6, 6.07) is 4.26. The Hall–Kier alpha value is -1.40. The quantitative estimate of drug-likeness (QED) is 0.939. The number of nitrogens with zero attached hydrogens (tertiary/aromatic N) is 2. The summed E-state index contributed by atoms with van der Waals surface area (Å²) in [5, 5.41) is 4.08. The molecule has 0 spiro atoms. The van der Waals surface area contributed by atoms with Gasteiger partial charge in [0, 0.05) is 29.3 Å². The van der Waals surface area contributed by atoms with E-state index >= 15 is 0 Å². The monoisotopic (exact) mass is 327 g/mol. The van der Waals surface area contributed by atoms with Gasteiger partial charge in [0.05, 0.1) is 6.20 Å². The number of nitrogens with two attached hydrogens (primary N) is 1. The number of rotatable bonds is 4. The standard InChI is InChI=1S/C13H15BrFN3O/c1-8(16)13(9-6-17-18(2)7-9)19-12-5-10(14)3-4-11(12)15/h3-8,13H,16H2,1-2H3. The molecule has 1 aromatic carbocycles. The molecular weight excluding hydrogens is 313 g/mol. The molecule has 0 bridgehead atoms. The first-order valence-corrected chi connectivity index (χ1v) is 6.62. The molecule has 0 saturated carbocycles. The zero-order chi connectivity index (χ0) is 14.0. The summed E-state index contributed by atoms with van der Waals surface area (Å²) in [6.45, 7) is 1.81. The summed E-state index contributed by atoms with van der Waals surface area (Å²) in [7, 11) is 1.81. The first-order chi connectivity index (χ1) is 8.97. The van der Waals surface area contributed by atoms with Crippen molar-refractivity contribution in [2.45, 2.75) is 19.1 Å². The number of halogens is 2. The lowest BCUT2D eigenvalue weighted by molar-refractivity contribution is 0.172. The molecule has 4 nitrogen and oxygen atoms in total. The maximum absolute atomic E-state index is 13.7. The first kappa shape index (κ1) is 14.0. The van der Waals surface area contributed by atoms with Gasteiger partial charge >= 0.3 is 0 Å². The molecule has 2 N–H and O–H groups in total. The topological polar surface area (TPSA) is 53.1 Å².